The second-order valence-corrected chi connectivity index (χ2v) is 7.14. The van der Waals surface area contributed by atoms with Gasteiger partial charge < -0.3 is 29.7 Å². The van der Waals surface area contributed by atoms with Crippen LogP contribution in [0.5, 0.6) is 11.5 Å². The Hall–Kier alpha value is -1.79. The van der Waals surface area contributed by atoms with Gasteiger partial charge in [0.05, 0.1) is 33.5 Å². The van der Waals surface area contributed by atoms with Crippen LogP contribution in [-0.4, -0.2) is 95.9 Å². The van der Waals surface area contributed by atoms with Crippen LogP contribution in [-0.2, 0) is 9.53 Å². The monoisotopic (exact) mass is 549 g/mol. The van der Waals surface area contributed by atoms with Gasteiger partial charge in [-0.3, -0.25) is 9.69 Å². The number of hydrogen-bond donors (Lipinski definition) is 2. The summed E-state index contributed by atoms with van der Waals surface area (Å²) in [6.45, 7) is 6.52. The maximum atomic E-state index is 11.9. The van der Waals surface area contributed by atoms with Gasteiger partial charge in [0.2, 0.25) is 5.91 Å². The van der Waals surface area contributed by atoms with E-state index in [4.69, 9.17) is 14.2 Å². The Morgan fingerprint density at radius 3 is 2.45 bits per heavy atom. The Morgan fingerprint density at radius 2 is 1.87 bits per heavy atom. The lowest BCUT2D eigenvalue weighted by Crippen LogP contribution is -2.46. The number of morpholine rings is 1. The summed E-state index contributed by atoms with van der Waals surface area (Å²) >= 11 is 0. The number of nitrogens with zero attached hydrogens (tertiary/aromatic N) is 3. The number of ether oxygens (including phenoxy) is 3. The van der Waals surface area contributed by atoms with E-state index in [2.05, 4.69) is 26.6 Å². The number of hydrogen-bond acceptors (Lipinski definition) is 6. The molecule has 1 aromatic rings. The van der Waals surface area contributed by atoms with E-state index < -0.39 is 0 Å². The molecule has 1 aliphatic heterocycles. The van der Waals surface area contributed by atoms with Crippen LogP contribution < -0.4 is 20.1 Å². The third-order valence-corrected chi connectivity index (χ3v) is 4.96. The van der Waals surface area contributed by atoms with Crippen molar-refractivity contribution in [2.45, 2.75) is 13.0 Å². The van der Waals surface area contributed by atoms with E-state index in [0.717, 1.165) is 18.7 Å². The first-order chi connectivity index (χ1) is 14.5. The number of aliphatic imine (C=N–C) groups is 1. The number of guanidine groups is 1. The highest BCUT2D eigenvalue weighted by Gasteiger charge is 2.24. The van der Waals surface area contributed by atoms with Crippen LogP contribution >= 0.6 is 24.0 Å². The number of likely N-dealkylation sites (N-methyl/N-ethyl adjacent to an activating group) is 1. The third kappa shape index (κ3) is 8.34. The van der Waals surface area contributed by atoms with Crippen molar-refractivity contribution in [3.05, 3.63) is 23.8 Å². The van der Waals surface area contributed by atoms with Crippen LogP contribution in [0.2, 0.25) is 0 Å². The molecule has 176 valence electrons. The Bertz CT molecular complexity index is 711. The molecule has 0 bridgehead atoms. The smallest absolute Gasteiger partial charge is 0.243 e. The average molecular weight is 549 g/mol. The predicted octanol–water partition coefficient (Wildman–Crippen LogP) is 1.34. The second-order valence-electron chi connectivity index (χ2n) is 7.14. The average Bonchev–Trinajstić information content (AvgIpc) is 2.77. The molecule has 0 aliphatic carbocycles. The molecule has 1 aliphatic rings. The van der Waals surface area contributed by atoms with Gasteiger partial charge in [0.25, 0.3) is 0 Å². The summed E-state index contributed by atoms with van der Waals surface area (Å²) in [5.74, 6) is 1.97. The summed E-state index contributed by atoms with van der Waals surface area (Å²) in [5.41, 5.74) is 1.11. The molecule has 1 aromatic carbocycles. The topological polar surface area (TPSA) is 87.7 Å². The number of carbonyl (C=O) groups excluding carboxylic acids is 1. The van der Waals surface area contributed by atoms with Crippen molar-refractivity contribution in [3.63, 3.8) is 0 Å². The Balaban J connectivity index is 0.00000480. The largest absolute Gasteiger partial charge is 0.493 e. The van der Waals surface area contributed by atoms with Crippen molar-refractivity contribution in [1.29, 1.82) is 0 Å². The summed E-state index contributed by atoms with van der Waals surface area (Å²) in [6.07, 6.45) is 0. The molecule has 1 unspecified atom stereocenters. The van der Waals surface area contributed by atoms with E-state index in [1.54, 1.807) is 28.3 Å². The lowest BCUT2D eigenvalue weighted by atomic mass is 10.0. The van der Waals surface area contributed by atoms with Crippen molar-refractivity contribution in [3.8, 4) is 11.5 Å². The highest BCUT2D eigenvalue weighted by molar-refractivity contribution is 14.0. The maximum absolute atomic E-state index is 11.9. The van der Waals surface area contributed by atoms with Gasteiger partial charge in [-0.15, -0.1) is 24.0 Å². The zero-order valence-electron chi connectivity index (χ0n) is 19.1. The van der Waals surface area contributed by atoms with Crippen LogP contribution in [0.4, 0.5) is 0 Å². The van der Waals surface area contributed by atoms with E-state index in [0.29, 0.717) is 43.8 Å². The molecule has 1 fully saturated rings. The fourth-order valence-corrected chi connectivity index (χ4v) is 3.23. The van der Waals surface area contributed by atoms with Crippen molar-refractivity contribution < 1.29 is 19.0 Å². The number of amides is 1. The summed E-state index contributed by atoms with van der Waals surface area (Å²) in [4.78, 5) is 20.2. The highest BCUT2D eigenvalue weighted by Crippen LogP contribution is 2.32. The van der Waals surface area contributed by atoms with Gasteiger partial charge in [-0.25, -0.2) is 4.99 Å². The number of carbonyl (C=O) groups is 1. The van der Waals surface area contributed by atoms with Gasteiger partial charge in [0.1, 0.15) is 6.54 Å². The molecule has 1 heterocycles. The molecule has 31 heavy (non-hydrogen) atoms. The summed E-state index contributed by atoms with van der Waals surface area (Å²) in [5, 5.41) is 6.60. The van der Waals surface area contributed by atoms with Crippen LogP contribution in [0.15, 0.2) is 23.2 Å². The first kappa shape index (κ1) is 27.2. The number of methoxy groups -OCH3 is 2. The first-order valence-electron chi connectivity index (χ1n) is 10.3. The summed E-state index contributed by atoms with van der Waals surface area (Å²) in [7, 11) is 6.72. The first-order valence-corrected chi connectivity index (χ1v) is 10.3. The van der Waals surface area contributed by atoms with Crippen LogP contribution in [0.25, 0.3) is 0 Å². The van der Waals surface area contributed by atoms with E-state index in [9.17, 15) is 4.79 Å². The highest BCUT2D eigenvalue weighted by atomic mass is 127. The summed E-state index contributed by atoms with van der Waals surface area (Å²) in [6, 6.07) is 6.09. The quantitative estimate of drug-likeness (QED) is 0.273. The Morgan fingerprint density at radius 1 is 1.19 bits per heavy atom. The number of rotatable bonds is 9. The summed E-state index contributed by atoms with van der Waals surface area (Å²) < 4.78 is 16.4. The molecule has 1 atom stereocenters. The minimum Gasteiger partial charge on any atom is -0.493 e. The minimum atomic E-state index is -0.0446. The molecule has 0 spiro atoms. The van der Waals surface area contributed by atoms with Gasteiger partial charge >= 0.3 is 0 Å². The molecule has 9 nitrogen and oxygen atoms in total. The fourth-order valence-electron chi connectivity index (χ4n) is 3.23. The van der Waals surface area contributed by atoms with Gasteiger partial charge in [0, 0.05) is 40.3 Å². The zero-order chi connectivity index (χ0) is 21.9. The molecule has 0 radical (unpaired) electrons. The van der Waals surface area contributed by atoms with Gasteiger partial charge in [0.15, 0.2) is 17.5 Å². The Kier molecular flexibility index (Phi) is 12.6. The van der Waals surface area contributed by atoms with Crippen molar-refractivity contribution in [1.82, 2.24) is 20.4 Å². The second kappa shape index (κ2) is 14.3. The lowest BCUT2D eigenvalue weighted by Gasteiger charge is -2.35. The molecular weight excluding hydrogens is 513 g/mol. The van der Waals surface area contributed by atoms with Gasteiger partial charge in [-0.05, 0) is 24.6 Å². The molecule has 2 N–H and O–H groups in total. The molecule has 1 amide bonds. The van der Waals surface area contributed by atoms with E-state index in [1.165, 1.54) is 4.90 Å². The van der Waals surface area contributed by atoms with Gasteiger partial charge in [-0.2, -0.15) is 0 Å². The van der Waals surface area contributed by atoms with E-state index in [-0.39, 0.29) is 42.5 Å². The van der Waals surface area contributed by atoms with E-state index in [1.807, 2.05) is 19.1 Å². The maximum Gasteiger partial charge on any atom is 0.243 e. The molecule has 0 aromatic heterocycles. The molecule has 1 saturated heterocycles. The number of nitrogens with one attached hydrogen (secondary N) is 2. The van der Waals surface area contributed by atoms with Crippen molar-refractivity contribution >= 4 is 35.8 Å². The molecule has 2 rings (SSSR count). The lowest BCUT2D eigenvalue weighted by molar-refractivity contribution is -0.127. The van der Waals surface area contributed by atoms with Crippen molar-refractivity contribution in [2.75, 3.05) is 74.3 Å². The SMILES string of the molecule is CCNC(=NCC(=O)N(C)C)NCC(c1ccc(OC)c(OC)c1)N1CCOCC1.I. The zero-order valence-corrected chi connectivity index (χ0v) is 21.5. The van der Waals surface area contributed by atoms with Crippen LogP contribution in [0.1, 0.15) is 18.5 Å². The van der Waals surface area contributed by atoms with E-state index >= 15 is 0 Å². The van der Waals surface area contributed by atoms with Gasteiger partial charge in [-0.1, -0.05) is 6.07 Å². The molecule has 0 saturated carbocycles. The Labute approximate surface area is 202 Å². The predicted molar refractivity (Wildman–Crippen MR) is 133 cm³/mol. The van der Waals surface area contributed by atoms with Crippen LogP contribution in [0, 0.1) is 0 Å². The number of benzene rings is 1. The normalized spacial score (nSPS) is 15.5. The molecular formula is C21H36IN5O4. The third-order valence-electron chi connectivity index (χ3n) is 4.96. The number of halogens is 1. The minimum absolute atomic E-state index is 0. The fraction of sp³-hybridized carbons (Fsp3) is 0.619. The molecule has 10 heteroatoms. The standard InChI is InChI=1S/C21H35N5O4.HI/c1-6-22-21(24-15-20(27)25(2)3)23-14-17(26-9-11-30-12-10-26)16-7-8-18(28-4)19(13-16)29-5;/h7-8,13,17H,6,9-12,14-15H2,1-5H3,(H2,22,23,24);1H. The van der Waals surface area contributed by atoms with Crippen LogP contribution in [0.3, 0.4) is 0 Å². The van der Waals surface area contributed by atoms with Crippen molar-refractivity contribution in [2.24, 2.45) is 4.99 Å².